The molecule has 1 aliphatic heterocycles. The Balaban J connectivity index is 1.79. The van der Waals surface area contributed by atoms with Crippen molar-refractivity contribution in [1.82, 2.24) is 4.90 Å². The predicted molar refractivity (Wildman–Crippen MR) is 177 cm³/mol. The van der Waals surface area contributed by atoms with Crippen molar-refractivity contribution >= 4 is 31.6 Å². The monoisotopic (exact) mass is 629 g/mol. The first kappa shape index (κ1) is 35.3. The zero-order valence-electron chi connectivity index (χ0n) is 27.1. The minimum absolute atomic E-state index is 0.0389. The van der Waals surface area contributed by atoms with Crippen LogP contribution in [0.15, 0.2) is 60.7 Å². The zero-order chi connectivity index (χ0) is 31.8. The minimum atomic E-state index is -2.25. The first-order valence-electron chi connectivity index (χ1n) is 15.3. The van der Waals surface area contributed by atoms with Crippen molar-refractivity contribution in [3.05, 3.63) is 71.8 Å². The summed E-state index contributed by atoms with van der Waals surface area (Å²) in [6.45, 7) is 15.9. The van der Waals surface area contributed by atoms with Gasteiger partial charge in [-0.2, -0.15) is 0 Å². The molecule has 1 N–H and O–H groups in total. The Hall–Kier alpha value is -2.14. The fraction of sp³-hybridized carbons (Fsp3) is 0.588. The molecule has 6 atom stereocenters. The molecule has 0 saturated carbocycles. The molecule has 0 bridgehead atoms. The van der Waals surface area contributed by atoms with Gasteiger partial charge in [0, 0.05) is 19.4 Å². The van der Waals surface area contributed by atoms with Crippen LogP contribution in [0.4, 0.5) is 0 Å². The number of hydrogen-bond acceptors (Lipinski definition) is 7. The lowest BCUT2D eigenvalue weighted by Gasteiger charge is -2.43. The van der Waals surface area contributed by atoms with Gasteiger partial charge in [0.15, 0.2) is 8.32 Å². The summed E-state index contributed by atoms with van der Waals surface area (Å²) in [5.41, 5.74) is 2.18. The largest absolute Gasteiger partial charge is 0.468 e. The van der Waals surface area contributed by atoms with Gasteiger partial charge in [0.2, 0.25) is 5.91 Å². The molecule has 43 heavy (non-hydrogen) atoms. The number of ether oxygens (including phenoxy) is 3. The van der Waals surface area contributed by atoms with Gasteiger partial charge in [0.05, 0.1) is 43.5 Å². The van der Waals surface area contributed by atoms with Crippen LogP contribution < -0.4 is 0 Å². The topological polar surface area (TPSA) is 77.5 Å². The van der Waals surface area contributed by atoms with E-state index in [0.717, 1.165) is 11.1 Å². The van der Waals surface area contributed by atoms with Crippen LogP contribution in [0.2, 0.25) is 18.1 Å². The third-order valence-corrected chi connectivity index (χ3v) is 13.8. The van der Waals surface area contributed by atoms with Crippen molar-refractivity contribution in [3.8, 4) is 0 Å². The van der Waals surface area contributed by atoms with Gasteiger partial charge in [0.25, 0.3) is 5.17 Å². The fourth-order valence-corrected chi connectivity index (χ4v) is 6.88. The first-order chi connectivity index (χ1) is 20.2. The number of thiocarbonyl (C=S) groups is 1. The molecule has 0 unspecified atom stereocenters. The lowest BCUT2D eigenvalue weighted by Crippen LogP contribution is -2.51. The minimum Gasteiger partial charge on any atom is -0.468 e. The second kappa shape index (κ2) is 15.7. The van der Waals surface area contributed by atoms with Gasteiger partial charge < -0.3 is 23.7 Å². The molecule has 9 heteroatoms. The third kappa shape index (κ3) is 9.67. The van der Waals surface area contributed by atoms with E-state index in [1.165, 1.54) is 0 Å². The highest BCUT2D eigenvalue weighted by atomic mass is 32.1. The van der Waals surface area contributed by atoms with Crippen molar-refractivity contribution < 1.29 is 28.5 Å². The average molecular weight is 630 g/mol. The number of carbonyl (C=O) groups is 1. The molecular weight excluding hydrogens is 579 g/mol. The van der Waals surface area contributed by atoms with E-state index < -0.39 is 20.3 Å². The van der Waals surface area contributed by atoms with Crippen LogP contribution in [-0.4, -0.2) is 74.1 Å². The molecule has 1 aliphatic rings. The summed E-state index contributed by atoms with van der Waals surface area (Å²) < 4.78 is 24.5. The lowest BCUT2D eigenvalue weighted by molar-refractivity contribution is -0.138. The maximum Gasteiger partial charge on any atom is 0.266 e. The van der Waals surface area contributed by atoms with Gasteiger partial charge in [-0.15, -0.1) is 0 Å². The number of aliphatic hydroxyl groups is 1. The summed E-state index contributed by atoms with van der Waals surface area (Å²) in [4.78, 5) is 15.4. The molecule has 0 aliphatic carbocycles. The van der Waals surface area contributed by atoms with Gasteiger partial charge in [-0.3, -0.25) is 9.69 Å². The fourth-order valence-electron chi connectivity index (χ4n) is 5.15. The van der Waals surface area contributed by atoms with E-state index in [4.69, 9.17) is 30.9 Å². The average Bonchev–Trinajstić information content (AvgIpc) is 3.33. The Morgan fingerprint density at radius 2 is 1.65 bits per heavy atom. The van der Waals surface area contributed by atoms with E-state index in [0.29, 0.717) is 32.7 Å². The van der Waals surface area contributed by atoms with Crippen LogP contribution in [0.5, 0.6) is 0 Å². The molecule has 238 valence electrons. The molecule has 0 spiro atoms. The highest BCUT2D eigenvalue weighted by molar-refractivity contribution is 7.80. The number of nitrogens with zero attached hydrogens (tertiary/aromatic N) is 1. The van der Waals surface area contributed by atoms with Crippen molar-refractivity contribution in [2.45, 2.75) is 96.6 Å². The molecule has 1 fully saturated rings. The number of aliphatic hydroxyl groups excluding tert-OH is 1. The smallest absolute Gasteiger partial charge is 0.266 e. The number of carbonyl (C=O) groups excluding carboxylic acids is 1. The summed E-state index contributed by atoms with van der Waals surface area (Å²) >= 11 is 5.45. The van der Waals surface area contributed by atoms with Gasteiger partial charge >= 0.3 is 0 Å². The highest BCUT2D eigenvalue weighted by Gasteiger charge is 2.45. The molecule has 2 aromatic rings. The Morgan fingerprint density at radius 1 is 1.07 bits per heavy atom. The van der Waals surface area contributed by atoms with Crippen LogP contribution in [0, 0.1) is 11.8 Å². The lowest BCUT2D eigenvalue weighted by atomic mass is 9.86. The molecule has 7 nitrogen and oxygen atoms in total. The van der Waals surface area contributed by atoms with Crippen LogP contribution in [0.1, 0.15) is 52.2 Å². The molecule has 3 rings (SSSR count). The van der Waals surface area contributed by atoms with Crippen LogP contribution in [-0.2, 0) is 36.5 Å². The number of rotatable bonds is 15. The Morgan fingerprint density at radius 3 is 2.21 bits per heavy atom. The molecule has 1 heterocycles. The van der Waals surface area contributed by atoms with Crippen LogP contribution in [0.25, 0.3) is 0 Å². The van der Waals surface area contributed by atoms with Gasteiger partial charge in [-0.25, -0.2) is 0 Å². The van der Waals surface area contributed by atoms with Crippen molar-refractivity contribution in [3.63, 3.8) is 0 Å². The number of benzene rings is 2. The van der Waals surface area contributed by atoms with Gasteiger partial charge in [0.1, 0.15) is 6.61 Å². The summed E-state index contributed by atoms with van der Waals surface area (Å²) in [6, 6.07) is 19.8. The number of methoxy groups -OCH3 is 1. The standard InChI is InChI=1S/C34H51NO6SSi/c1-24(31(36)25(2)32(37)35-28(22-40-33(35)42)19-26-15-11-9-12-16-26)30(41-43(7,8)34(3,4)5)20-29(23-38-6)39-21-27-17-13-10-14-18-27/h9-18,24-25,28-31,36H,19-23H2,1-8H3/t24-,25+,28-,29+,30+,31-/m0/s1. The van der Waals surface area contributed by atoms with Crippen molar-refractivity contribution in [2.75, 3.05) is 20.3 Å². The van der Waals surface area contributed by atoms with Crippen molar-refractivity contribution in [1.29, 1.82) is 0 Å². The van der Waals surface area contributed by atoms with Crippen molar-refractivity contribution in [2.24, 2.45) is 11.8 Å². The molecule has 0 radical (unpaired) electrons. The summed E-state index contributed by atoms with van der Waals surface area (Å²) in [7, 11) is -0.589. The Bertz CT molecular complexity index is 1160. The van der Waals surface area contributed by atoms with Crippen LogP contribution >= 0.6 is 12.2 Å². The maximum atomic E-state index is 13.9. The Kier molecular flexibility index (Phi) is 12.9. The zero-order valence-corrected chi connectivity index (χ0v) is 28.9. The molecular formula is C34H51NO6SSi. The SMILES string of the molecule is COC[C@@H](C[C@@H](O[Si](C)(C)C(C)(C)C)[C@H](C)[C@H](O)[C@@H](C)C(=O)N1C(=S)OC[C@@H]1Cc1ccccc1)OCc1ccccc1. The van der Waals surface area contributed by atoms with Gasteiger partial charge in [-0.1, -0.05) is 95.3 Å². The van der Waals surface area contributed by atoms with E-state index in [9.17, 15) is 9.90 Å². The Labute approximate surface area is 265 Å². The quantitative estimate of drug-likeness (QED) is 0.181. The van der Waals surface area contributed by atoms with E-state index in [1.54, 1.807) is 18.9 Å². The third-order valence-electron chi connectivity index (χ3n) is 8.97. The van der Waals surface area contributed by atoms with E-state index in [2.05, 4.69) is 33.9 Å². The molecule has 2 aromatic carbocycles. The molecule has 1 saturated heterocycles. The van der Waals surface area contributed by atoms with E-state index in [1.807, 2.05) is 67.6 Å². The highest BCUT2D eigenvalue weighted by Crippen LogP contribution is 2.39. The molecule has 0 aromatic heterocycles. The van der Waals surface area contributed by atoms with E-state index in [-0.39, 0.29) is 40.3 Å². The maximum absolute atomic E-state index is 13.9. The summed E-state index contributed by atoms with van der Waals surface area (Å²) in [5.74, 6) is -1.32. The second-order valence-electron chi connectivity index (χ2n) is 13.3. The normalized spacial score (nSPS) is 19.4. The predicted octanol–water partition coefficient (Wildman–Crippen LogP) is 6.39. The number of hydrogen-bond donors (Lipinski definition) is 1. The summed E-state index contributed by atoms with van der Waals surface area (Å²) in [6.07, 6.45) is -0.437. The second-order valence-corrected chi connectivity index (χ2v) is 18.4. The number of amides is 1. The van der Waals surface area contributed by atoms with Gasteiger partial charge in [-0.05, 0) is 47.9 Å². The first-order valence-corrected chi connectivity index (χ1v) is 18.6. The summed E-state index contributed by atoms with van der Waals surface area (Å²) in [5, 5.41) is 11.9. The van der Waals surface area contributed by atoms with E-state index >= 15 is 0 Å². The van der Waals surface area contributed by atoms with Crippen LogP contribution in [0.3, 0.4) is 0 Å². The molecule has 1 amide bonds.